The van der Waals surface area contributed by atoms with Gasteiger partial charge in [0.05, 0.1) is 17.0 Å². The normalized spacial score (nSPS) is 17.3. The Hall–Kier alpha value is -2.02. The van der Waals surface area contributed by atoms with Crippen molar-refractivity contribution >= 4 is 34.4 Å². The van der Waals surface area contributed by atoms with Gasteiger partial charge in [-0.2, -0.15) is 0 Å². The van der Waals surface area contributed by atoms with E-state index in [4.69, 9.17) is 4.74 Å². The van der Waals surface area contributed by atoms with E-state index in [9.17, 15) is 9.59 Å². The van der Waals surface area contributed by atoms with Gasteiger partial charge in [0.2, 0.25) is 0 Å². The zero-order valence-corrected chi connectivity index (χ0v) is 16.2. The van der Waals surface area contributed by atoms with Gasteiger partial charge < -0.3 is 14.6 Å². The number of piperidine rings is 1. The van der Waals surface area contributed by atoms with Crippen molar-refractivity contribution in [3.8, 4) is 0 Å². The molecular weight excluding hydrogens is 350 g/mol. The van der Waals surface area contributed by atoms with E-state index in [2.05, 4.69) is 16.0 Å². The molecule has 2 aromatic heterocycles. The number of hydrogen-bond donors (Lipinski definition) is 1. The van der Waals surface area contributed by atoms with Gasteiger partial charge in [0.25, 0.3) is 0 Å². The Bertz CT molecular complexity index is 743. The number of nitrogens with one attached hydrogen (secondary N) is 1. The number of ether oxygens (including phenoxy) is 1. The average molecular weight is 375 g/mol. The minimum Gasteiger partial charge on any atom is -0.444 e. The maximum atomic E-state index is 12.2. The molecule has 3 rings (SSSR count). The summed E-state index contributed by atoms with van der Waals surface area (Å²) in [5.74, 6) is 0.324. The van der Waals surface area contributed by atoms with Gasteiger partial charge in [-0.1, -0.05) is 11.8 Å². The predicted molar refractivity (Wildman–Crippen MR) is 104 cm³/mol. The topological polar surface area (TPSA) is 75.3 Å². The summed E-state index contributed by atoms with van der Waals surface area (Å²) in [6.07, 6.45) is 5.00. The quantitative estimate of drug-likeness (QED) is 0.812. The lowest BCUT2D eigenvalue weighted by Crippen LogP contribution is -2.42. The first kappa shape index (κ1) is 18.8. The van der Waals surface area contributed by atoms with Crippen LogP contribution in [0.3, 0.4) is 0 Å². The number of rotatable bonds is 4. The van der Waals surface area contributed by atoms with Gasteiger partial charge in [-0.25, -0.2) is 4.79 Å². The molecule has 0 spiro atoms. The summed E-state index contributed by atoms with van der Waals surface area (Å²) < 4.78 is 5.46. The summed E-state index contributed by atoms with van der Waals surface area (Å²) in [5.41, 5.74) is 2.45. The highest BCUT2D eigenvalue weighted by molar-refractivity contribution is 8.12. The number of carbonyl (C=O) groups excluding carboxylic acids is 2. The number of thioether (sulfide) groups is 1. The van der Waals surface area contributed by atoms with Crippen molar-refractivity contribution in [2.24, 2.45) is 5.92 Å². The number of hydrogen-bond acceptors (Lipinski definition) is 5. The molecule has 0 aromatic carbocycles. The molecule has 1 unspecified atom stereocenters. The van der Waals surface area contributed by atoms with Crippen LogP contribution < -0.4 is 0 Å². The molecule has 0 bridgehead atoms. The number of amides is 1. The van der Waals surface area contributed by atoms with Crippen LogP contribution in [0.1, 0.15) is 44.6 Å². The van der Waals surface area contributed by atoms with E-state index in [1.165, 1.54) is 11.8 Å². The molecule has 2 aromatic rings. The average Bonchev–Trinajstić information content (AvgIpc) is 3.02. The molecule has 0 radical (unpaired) electrons. The standard InChI is InChI=1S/C19H25N3O3S/c1-19(2,3)25-18(24)22-8-5-13(6-9-22)17(26-12-23)15-10-14-4-7-20-11-16(14)21-15/h4,7,10-13,17,21H,5-6,8-9H2,1-3H3. The molecule has 0 saturated carbocycles. The van der Waals surface area contributed by atoms with Crippen LogP contribution in [0, 0.1) is 5.92 Å². The van der Waals surface area contributed by atoms with Gasteiger partial charge in [0.1, 0.15) is 5.60 Å². The minimum absolute atomic E-state index is 0.0562. The second-order valence-electron chi connectivity index (χ2n) is 7.65. The van der Waals surface area contributed by atoms with Gasteiger partial charge in [0.15, 0.2) is 5.62 Å². The Morgan fingerprint density at radius 1 is 1.42 bits per heavy atom. The van der Waals surface area contributed by atoms with Crippen molar-refractivity contribution in [3.63, 3.8) is 0 Å². The van der Waals surface area contributed by atoms with Gasteiger partial charge in [-0.3, -0.25) is 9.78 Å². The number of aromatic amines is 1. The molecule has 3 heterocycles. The monoisotopic (exact) mass is 375 g/mol. The summed E-state index contributed by atoms with van der Waals surface area (Å²) in [6, 6.07) is 4.06. The molecule has 1 N–H and O–H groups in total. The molecule has 0 aliphatic carbocycles. The molecule has 1 fully saturated rings. The molecule has 6 nitrogen and oxygen atoms in total. The van der Waals surface area contributed by atoms with Crippen LogP contribution in [0.2, 0.25) is 0 Å². The van der Waals surface area contributed by atoms with E-state index in [1.807, 2.05) is 26.8 Å². The highest BCUT2D eigenvalue weighted by atomic mass is 32.2. The Kier molecular flexibility index (Phi) is 5.55. The predicted octanol–water partition coefficient (Wildman–Crippen LogP) is 4.17. The lowest BCUT2D eigenvalue weighted by Gasteiger charge is -2.35. The van der Waals surface area contributed by atoms with E-state index < -0.39 is 5.60 Å². The summed E-state index contributed by atoms with van der Waals surface area (Å²) in [4.78, 5) is 32.8. The van der Waals surface area contributed by atoms with Crippen LogP contribution in [0.4, 0.5) is 4.79 Å². The number of aromatic nitrogens is 2. The molecule has 1 saturated heterocycles. The largest absolute Gasteiger partial charge is 0.444 e. The van der Waals surface area contributed by atoms with Crippen LogP contribution in [0.5, 0.6) is 0 Å². The number of fused-ring (bicyclic) bond motifs is 1. The van der Waals surface area contributed by atoms with E-state index in [0.29, 0.717) is 19.0 Å². The van der Waals surface area contributed by atoms with Crippen molar-refractivity contribution in [2.45, 2.75) is 44.5 Å². The molecule has 1 amide bonds. The second kappa shape index (κ2) is 7.70. The van der Waals surface area contributed by atoms with Crippen molar-refractivity contribution < 1.29 is 14.3 Å². The summed E-state index contributed by atoms with van der Waals surface area (Å²) >= 11 is 1.30. The fourth-order valence-corrected chi connectivity index (χ4v) is 4.25. The third-order valence-electron chi connectivity index (χ3n) is 4.57. The zero-order valence-electron chi connectivity index (χ0n) is 15.4. The Balaban J connectivity index is 1.69. The molecule has 1 atom stereocenters. The fourth-order valence-electron chi connectivity index (χ4n) is 3.36. The van der Waals surface area contributed by atoms with Crippen LogP contribution in [-0.2, 0) is 9.53 Å². The highest BCUT2D eigenvalue weighted by Crippen LogP contribution is 2.40. The van der Waals surface area contributed by atoms with Gasteiger partial charge in [-0.05, 0) is 51.7 Å². The third kappa shape index (κ3) is 4.38. The van der Waals surface area contributed by atoms with Crippen LogP contribution in [0.25, 0.3) is 10.9 Å². The minimum atomic E-state index is -0.484. The van der Waals surface area contributed by atoms with Crippen molar-refractivity contribution in [1.29, 1.82) is 0 Å². The number of likely N-dealkylation sites (tertiary alicyclic amines) is 1. The molecule has 1 aliphatic heterocycles. The van der Waals surface area contributed by atoms with E-state index >= 15 is 0 Å². The van der Waals surface area contributed by atoms with Crippen LogP contribution >= 0.6 is 11.8 Å². The van der Waals surface area contributed by atoms with E-state index in [-0.39, 0.29) is 11.3 Å². The zero-order chi connectivity index (χ0) is 18.7. The number of nitrogens with zero attached hydrogens (tertiary/aromatic N) is 2. The van der Waals surface area contributed by atoms with Gasteiger partial charge in [-0.15, -0.1) is 0 Å². The molecule has 26 heavy (non-hydrogen) atoms. The molecule has 7 heteroatoms. The summed E-state index contributed by atoms with van der Waals surface area (Å²) in [6.45, 7) is 6.92. The first-order chi connectivity index (χ1) is 12.4. The number of H-pyrrole nitrogens is 1. The van der Waals surface area contributed by atoms with Crippen LogP contribution in [0.15, 0.2) is 24.5 Å². The van der Waals surface area contributed by atoms with Crippen molar-refractivity contribution in [1.82, 2.24) is 14.9 Å². The molecule has 1 aliphatic rings. The third-order valence-corrected chi connectivity index (χ3v) is 5.62. The van der Waals surface area contributed by atoms with E-state index in [1.54, 1.807) is 17.3 Å². The molecular formula is C19H25N3O3S. The van der Waals surface area contributed by atoms with Gasteiger partial charge in [0, 0.05) is 30.4 Å². The van der Waals surface area contributed by atoms with E-state index in [0.717, 1.165) is 35.1 Å². The summed E-state index contributed by atoms with van der Waals surface area (Å²) in [5, 5.41) is 1.15. The lowest BCUT2D eigenvalue weighted by atomic mass is 9.91. The SMILES string of the molecule is CC(C)(C)OC(=O)N1CCC(C(SC=O)c2cc3ccncc3[nH]2)CC1. The highest BCUT2D eigenvalue weighted by Gasteiger charge is 2.32. The fraction of sp³-hybridized carbons (Fsp3) is 0.526. The maximum absolute atomic E-state index is 12.2. The smallest absolute Gasteiger partial charge is 0.410 e. The van der Waals surface area contributed by atoms with Crippen LogP contribution in [-0.4, -0.2) is 45.3 Å². The Labute approximate surface area is 157 Å². The maximum Gasteiger partial charge on any atom is 0.410 e. The Morgan fingerprint density at radius 3 is 2.77 bits per heavy atom. The first-order valence-electron chi connectivity index (χ1n) is 8.87. The first-order valence-corrected chi connectivity index (χ1v) is 9.81. The molecule has 140 valence electrons. The lowest BCUT2D eigenvalue weighted by molar-refractivity contribution is 0.0183. The second-order valence-corrected chi connectivity index (χ2v) is 8.62. The van der Waals surface area contributed by atoms with Crippen molar-refractivity contribution in [3.05, 3.63) is 30.2 Å². The number of pyridine rings is 1. The number of carbonyl (C=O) groups is 2. The van der Waals surface area contributed by atoms with Crippen molar-refractivity contribution in [2.75, 3.05) is 13.1 Å². The summed E-state index contributed by atoms with van der Waals surface area (Å²) in [7, 11) is 0. The Morgan fingerprint density at radius 2 is 2.15 bits per heavy atom. The van der Waals surface area contributed by atoms with Gasteiger partial charge >= 0.3 is 6.09 Å².